The zero-order valence-electron chi connectivity index (χ0n) is 11.3. The van der Waals surface area contributed by atoms with Gasteiger partial charge in [0.2, 0.25) is 0 Å². The normalized spacial score (nSPS) is 20.9. The Morgan fingerprint density at radius 1 is 0.773 bits per heavy atom. The van der Waals surface area contributed by atoms with Crippen molar-refractivity contribution in [3.05, 3.63) is 0 Å². The maximum absolute atomic E-state index is 13.3. The van der Waals surface area contributed by atoms with E-state index in [-0.39, 0.29) is 12.8 Å². The number of hydrogen-bond acceptors (Lipinski definition) is 2. The van der Waals surface area contributed by atoms with Gasteiger partial charge in [0.05, 0.1) is 6.67 Å². The fourth-order valence-corrected chi connectivity index (χ4v) is 2.22. The van der Waals surface area contributed by atoms with Gasteiger partial charge in [-0.1, -0.05) is 0 Å². The van der Waals surface area contributed by atoms with Crippen molar-refractivity contribution < 1.29 is 43.7 Å². The second-order valence-electron chi connectivity index (χ2n) is 4.74. The van der Waals surface area contributed by atoms with E-state index in [1.807, 2.05) is 0 Å². The van der Waals surface area contributed by atoms with Crippen molar-refractivity contribution in [3.8, 4) is 0 Å². The third-order valence-corrected chi connectivity index (χ3v) is 3.58. The molecule has 0 bridgehead atoms. The lowest BCUT2D eigenvalue weighted by molar-refractivity contribution is -0.0183. The van der Waals surface area contributed by atoms with Crippen molar-refractivity contribution in [1.29, 1.82) is 0 Å². The van der Waals surface area contributed by atoms with E-state index in [2.05, 4.69) is 0 Å². The Morgan fingerprint density at radius 2 is 1.23 bits per heavy atom. The fraction of sp³-hybridized carbons (Fsp3) is 1.00. The average molecular weight is 362 g/mol. The molecule has 0 aromatic heterocycles. The van der Waals surface area contributed by atoms with Crippen LogP contribution in [0.3, 0.4) is 0 Å². The van der Waals surface area contributed by atoms with Gasteiger partial charge >= 0.3 is 0 Å². The Hall–Kier alpha value is -0.580. The highest BCUT2D eigenvalue weighted by Crippen LogP contribution is 2.26. The summed E-state index contributed by atoms with van der Waals surface area (Å²) in [5, 5.41) is 0. The molecule has 0 amide bonds. The molecule has 0 saturated carbocycles. The lowest BCUT2D eigenvalue weighted by atomic mass is 9.99. The van der Waals surface area contributed by atoms with Crippen LogP contribution in [-0.2, 0) is 10.1 Å². The zero-order chi connectivity index (χ0) is 17.5. The lowest BCUT2D eigenvalue weighted by Crippen LogP contribution is -2.44. The first-order chi connectivity index (χ1) is 10.0. The second-order valence-corrected chi connectivity index (χ2v) is 6.24. The van der Waals surface area contributed by atoms with Crippen molar-refractivity contribution in [1.82, 2.24) is 0 Å². The molecule has 0 aliphatic carbocycles. The van der Waals surface area contributed by atoms with E-state index in [0.717, 1.165) is 0 Å². The zero-order valence-corrected chi connectivity index (χ0v) is 12.1. The highest BCUT2D eigenvalue weighted by atomic mass is 32.2. The third kappa shape index (κ3) is 7.61. The molecule has 0 aliphatic rings. The predicted octanol–water partition coefficient (Wildman–Crippen LogP) is 3.04. The summed E-state index contributed by atoms with van der Waals surface area (Å²) in [4.78, 5) is 0. The van der Waals surface area contributed by atoms with Crippen LogP contribution < -0.4 is 0 Å². The molecule has 3 nitrogen and oxygen atoms in total. The van der Waals surface area contributed by atoms with Gasteiger partial charge in [0.15, 0.2) is 30.9 Å². The second kappa shape index (κ2) is 9.53. The number of rotatable bonds is 11. The van der Waals surface area contributed by atoms with Crippen LogP contribution in [0.4, 0.5) is 30.7 Å². The fourth-order valence-electron chi connectivity index (χ4n) is 1.64. The summed E-state index contributed by atoms with van der Waals surface area (Å²) in [6.07, 6.45) is -19.9. The van der Waals surface area contributed by atoms with E-state index in [4.69, 9.17) is 4.55 Å². The van der Waals surface area contributed by atoms with Gasteiger partial charge in [0, 0.05) is 0 Å². The first kappa shape index (κ1) is 21.4. The van der Waals surface area contributed by atoms with Crippen molar-refractivity contribution in [2.24, 2.45) is 0 Å². The van der Waals surface area contributed by atoms with Crippen LogP contribution in [0.2, 0.25) is 0 Å². The molecule has 0 aromatic carbocycles. The minimum atomic E-state index is -4.99. The summed E-state index contributed by atoms with van der Waals surface area (Å²) in [7, 11) is -4.99. The van der Waals surface area contributed by atoms with E-state index in [1.54, 1.807) is 0 Å². The molecule has 1 N–H and O–H groups in total. The smallest absolute Gasteiger partial charge is 0.267 e. The predicted molar refractivity (Wildman–Crippen MR) is 65.6 cm³/mol. The molecule has 0 aliphatic heterocycles. The minimum Gasteiger partial charge on any atom is -0.285 e. The molecular formula is C11H17F7O3S. The van der Waals surface area contributed by atoms with Crippen LogP contribution in [0.25, 0.3) is 0 Å². The molecule has 134 valence electrons. The van der Waals surface area contributed by atoms with E-state index in [9.17, 15) is 39.2 Å². The van der Waals surface area contributed by atoms with Gasteiger partial charge in [0.1, 0.15) is 11.9 Å². The van der Waals surface area contributed by atoms with Crippen molar-refractivity contribution in [2.45, 2.75) is 56.3 Å². The Balaban J connectivity index is 4.58. The number of unbranched alkanes of at least 4 members (excludes halogenated alkanes) is 1. The van der Waals surface area contributed by atoms with E-state index >= 15 is 0 Å². The van der Waals surface area contributed by atoms with Crippen LogP contribution in [0.1, 0.15) is 19.3 Å². The van der Waals surface area contributed by atoms with Gasteiger partial charge in [-0.3, -0.25) is 8.94 Å². The van der Waals surface area contributed by atoms with Crippen LogP contribution in [0.5, 0.6) is 0 Å². The number of hydrogen-bond donors (Lipinski definition) is 1. The van der Waals surface area contributed by atoms with Crippen LogP contribution in [0.15, 0.2) is 0 Å². The highest BCUT2D eigenvalue weighted by Gasteiger charge is 2.44. The van der Waals surface area contributed by atoms with E-state index in [1.165, 1.54) is 0 Å². The van der Waals surface area contributed by atoms with Crippen molar-refractivity contribution in [3.63, 3.8) is 0 Å². The number of halogens is 7. The monoisotopic (exact) mass is 362 g/mol. The van der Waals surface area contributed by atoms with E-state index in [0.29, 0.717) is 0 Å². The Morgan fingerprint density at radius 3 is 1.64 bits per heavy atom. The lowest BCUT2D eigenvalue weighted by Gasteiger charge is -2.23. The van der Waals surface area contributed by atoms with Gasteiger partial charge in [-0.05, 0) is 19.3 Å². The molecular weight excluding hydrogens is 345 g/mol. The third-order valence-electron chi connectivity index (χ3n) is 2.84. The van der Waals surface area contributed by atoms with Gasteiger partial charge in [0.25, 0.3) is 10.1 Å². The maximum atomic E-state index is 13.3. The Bertz CT molecular complexity index is 408. The highest BCUT2D eigenvalue weighted by molar-refractivity contribution is 7.85. The summed E-state index contributed by atoms with van der Waals surface area (Å²) in [5.41, 5.74) is 0. The molecule has 0 fully saturated rings. The molecule has 11 heteroatoms. The van der Waals surface area contributed by atoms with Crippen molar-refractivity contribution in [2.75, 3.05) is 12.4 Å². The molecule has 0 spiro atoms. The molecule has 0 saturated heterocycles. The first-order valence-corrected chi connectivity index (χ1v) is 7.97. The molecule has 6 atom stereocenters. The van der Waals surface area contributed by atoms with Crippen LogP contribution in [-0.4, -0.2) is 62.4 Å². The average Bonchev–Trinajstić information content (AvgIpc) is 2.42. The van der Waals surface area contributed by atoms with Crippen LogP contribution in [0, 0.1) is 0 Å². The molecule has 6 unspecified atom stereocenters. The van der Waals surface area contributed by atoms with Crippen molar-refractivity contribution >= 4 is 10.1 Å². The summed E-state index contributed by atoms with van der Waals surface area (Å²) in [5.74, 6) is -1.84. The Kier molecular flexibility index (Phi) is 9.28. The van der Waals surface area contributed by atoms with E-state index < -0.39 is 66.0 Å². The SMILES string of the molecule is O=S(=O)(O)CC(F)C(F)C(F)C(F)C(F)C(F)CCCCF. The standard InChI is InChI=1S/C11H17F7O3S/c12-4-2-1-3-6(13)8(15)10(17)11(18)9(16)7(14)5-22(19,20)21/h6-11H,1-5H2,(H,19,20,21). The van der Waals surface area contributed by atoms with Gasteiger partial charge in [-0.25, -0.2) is 26.3 Å². The summed E-state index contributed by atoms with van der Waals surface area (Å²) < 4.78 is 120. The molecule has 0 radical (unpaired) electrons. The van der Waals surface area contributed by atoms with Gasteiger partial charge < -0.3 is 0 Å². The maximum Gasteiger partial charge on any atom is 0.267 e. The summed E-state index contributed by atoms with van der Waals surface area (Å²) in [6.45, 7) is -0.805. The first-order valence-electron chi connectivity index (χ1n) is 6.36. The quantitative estimate of drug-likeness (QED) is 0.349. The largest absolute Gasteiger partial charge is 0.285 e. The number of alkyl halides is 7. The molecule has 0 rings (SSSR count). The Labute approximate surface area is 123 Å². The summed E-state index contributed by atoms with van der Waals surface area (Å²) in [6, 6.07) is 0. The van der Waals surface area contributed by atoms with Gasteiger partial charge in [-0.15, -0.1) is 0 Å². The topological polar surface area (TPSA) is 54.4 Å². The minimum absolute atomic E-state index is 0.115. The molecule has 0 aromatic rings. The van der Waals surface area contributed by atoms with Gasteiger partial charge in [-0.2, -0.15) is 8.42 Å². The molecule has 0 heterocycles. The van der Waals surface area contributed by atoms with Crippen LogP contribution >= 0.6 is 0 Å². The summed E-state index contributed by atoms with van der Waals surface area (Å²) >= 11 is 0. The molecule has 22 heavy (non-hydrogen) atoms.